The van der Waals surface area contributed by atoms with Crippen molar-refractivity contribution >= 4 is 58.9 Å². The summed E-state index contributed by atoms with van der Waals surface area (Å²) < 4.78 is 40.5. The Labute approximate surface area is 124 Å². The van der Waals surface area contributed by atoms with E-state index in [0.717, 1.165) is 11.3 Å². The lowest BCUT2D eigenvalue weighted by atomic mass is 10.3. The molecule has 0 spiro atoms. The van der Waals surface area contributed by atoms with E-state index in [0.29, 0.717) is 8.95 Å². The van der Waals surface area contributed by atoms with Gasteiger partial charge in [0.2, 0.25) is 0 Å². The number of sulfonamides is 1. The van der Waals surface area contributed by atoms with Gasteiger partial charge in [0, 0.05) is 8.95 Å². The number of halogens is 3. The second-order valence-corrected chi connectivity index (χ2v) is 7.79. The minimum atomic E-state index is -3.67. The average Bonchev–Trinajstić information content (AvgIpc) is 2.69. The van der Waals surface area contributed by atoms with E-state index in [1.54, 1.807) is 11.4 Å². The highest BCUT2D eigenvalue weighted by Crippen LogP contribution is 2.31. The quantitative estimate of drug-likeness (QED) is 0.817. The molecule has 3 nitrogen and oxygen atoms in total. The highest BCUT2D eigenvalue weighted by molar-refractivity contribution is 9.11. The molecule has 0 radical (unpaired) electrons. The van der Waals surface area contributed by atoms with Crippen LogP contribution in [0.2, 0.25) is 0 Å². The van der Waals surface area contributed by atoms with E-state index in [1.807, 2.05) is 0 Å². The van der Waals surface area contributed by atoms with Crippen molar-refractivity contribution in [3.8, 4) is 0 Å². The van der Waals surface area contributed by atoms with Crippen LogP contribution in [0.5, 0.6) is 0 Å². The number of hydrogen-bond donors (Lipinski definition) is 1. The topological polar surface area (TPSA) is 46.2 Å². The number of rotatable bonds is 3. The fourth-order valence-corrected chi connectivity index (χ4v) is 5.23. The van der Waals surface area contributed by atoms with Gasteiger partial charge in [-0.15, -0.1) is 11.3 Å². The third-order valence-electron chi connectivity index (χ3n) is 2.00. The van der Waals surface area contributed by atoms with Crippen LogP contribution in [0.1, 0.15) is 0 Å². The molecule has 1 aromatic carbocycles. The summed E-state index contributed by atoms with van der Waals surface area (Å²) in [6.07, 6.45) is 0. The van der Waals surface area contributed by atoms with Crippen LogP contribution in [0.25, 0.3) is 0 Å². The van der Waals surface area contributed by atoms with Crippen LogP contribution in [-0.4, -0.2) is 8.42 Å². The molecule has 18 heavy (non-hydrogen) atoms. The highest BCUT2D eigenvalue weighted by atomic mass is 79.9. The summed E-state index contributed by atoms with van der Waals surface area (Å²) in [4.78, 5) is 0. The minimum absolute atomic E-state index is 0.179. The summed E-state index contributed by atoms with van der Waals surface area (Å²) in [5.74, 6) is -0.442. The SMILES string of the molecule is O=S(=O)(Nc1ccc(F)cc1Br)c1sccc1Br. The molecule has 0 fully saturated rings. The summed E-state index contributed by atoms with van der Waals surface area (Å²) in [5.41, 5.74) is 0.289. The zero-order valence-electron chi connectivity index (χ0n) is 8.65. The lowest BCUT2D eigenvalue weighted by Crippen LogP contribution is -2.12. The first-order valence-corrected chi connectivity index (χ1v) is 8.56. The Bertz CT molecular complexity index is 685. The molecule has 0 atom stereocenters. The van der Waals surface area contributed by atoms with Crippen molar-refractivity contribution in [3.05, 3.63) is 44.4 Å². The van der Waals surface area contributed by atoms with Crippen molar-refractivity contribution in [2.45, 2.75) is 4.21 Å². The largest absolute Gasteiger partial charge is 0.278 e. The molecule has 0 bridgehead atoms. The monoisotopic (exact) mass is 413 g/mol. The van der Waals surface area contributed by atoms with Crippen molar-refractivity contribution in [1.82, 2.24) is 0 Å². The van der Waals surface area contributed by atoms with Crippen molar-refractivity contribution < 1.29 is 12.8 Å². The van der Waals surface area contributed by atoms with E-state index >= 15 is 0 Å². The Morgan fingerprint density at radius 1 is 1.17 bits per heavy atom. The maximum Gasteiger partial charge on any atom is 0.272 e. The van der Waals surface area contributed by atoms with Crippen LogP contribution in [-0.2, 0) is 10.0 Å². The Morgan fingerprint density at radius 2 is 1.89 bits per heavy atom. The van der Waals surface area contributed by atoms with Crippen molar-refractivity contribution in [1.29, 1.82) is 0 Å². The number of anilines is 1. The molecule has 1 heterocycles. The van der Waals surface area contributed by atoms with Gasteiger partial charge in [0.25, 0.3) is 10.0 Å². The first-order chi connectivity index (χ1) is 8.40. The van der Waals surface area contributed by atoms with E-state index < -0.39 is 15.8 Å². The normalized spacial score (nSPS) is 11.5. The molecule has 0 aliphatic carbocycles. The molecule has 1 aromatic heterocycles. The summed E-state index contributed by atoms with van der Waals surface area (Å²) in [7, 11) is -3.67. The summed E-state index contributed by atoms with van der Waals surface area (Å²) in [6, 6.07) is 5.39. The zero-order chi connectivity index (χ0) is 13.3. The predicted octanol–water partition coefficient (Wildman–Crippen LogP) is 4.21. The first-order valence-electron chi connectivity index (χ1n) is 4.61. The standard InChI is InChI=1S/C10H6Br2FNO2S2/c11-7-3-4-17-10(7)18(15,16)14-9-2-1-6(13)5-8(9)12/h1-5,14H. The Morgan fingerprint density at radius 3 is 2.44 bits per heavy atom. The summed E-state index contributed by atoms with van der Waals surface area (Å²) >= 11 is 7.37. The van der Waals surface area contributed by atoms with Gasteiger partial charge in [0.1, 0.15) is 5.82 Å². The van der Waals surface area contributed by atoms with Gasteiger partial charge >= 0.3 is 0 Å². The average molecular weight is 415 g/mol. The number of thiophene rings is 1. The Kier molecular flexibility index (Phi) is 4.10. The smallest absolute Gasteiger partial charge is 0.272 e. The molecule has 0 aliphatic rings. The highest BCUT2D eigenvalue weighted by Gasteiger charge is 2.20. The third kappa shape index (κ3) is 2.93. The molecule has 96 valence electrons. The minimum Gasteiger partial charge on any atom is -0.278 e. The molecular formula is C10H6Br2FNO2S2. The van der Waals surface area contributed by atoms with E-state index in [9.17, 15) is 12.8 Å². The van der Waals surface area contributed by atoms with Crippen LogP contribution in [0.4, 0.5) is 10.1 Å². The second kappa shape index (κ2) is 5.28. The maximum atomic E-state index is 12.9. The van der Waals surface area contributed by atoms with Gasteiger partial charge in [-0.3, -0.25) is 4.72 Å². The van der Waals surface area contributed by atoms with Gasteiger partial charge < -0.3 is 0 Å². The van der Waals surface area contributed by atoms with E-state index in [4.69, 9.17) is 0 Å². The molecule has 2 rings (SSSR count). The number of hydrogen-bond acceptors (Lipinski definition) is 3. The molecule has 0 saturated carbocycles. The first kappa shape index (κ1) is 14.0. The Hall–Kier alpha value is -0.440. The third-order valence-corrected chi connectivity index (χ3v) is 6.70. The van der Waals surface area contributed by atoms with E-state index in [2.05, 4.69) is 36.6 Å². The van der Waals surface area contributed by atoms with Gasteiger partial charge in [-0.25, -0.2) is 12.8 Å². The van der Waals surface area contributed by atoms with Gasteiger partial charge in [-0.05, 0) is 61.5 Å². The van der Waals surface area contributed by atoms with Gasteiger partial charge in [0.05, 0.1) is 5.69 Å². The second-order valence-electron chi connectivity index (χ2n) is 3.29. The lowest BCUT2D eigenvalue weighted by molar-refractivity contribution is 0.602. The van der Waals surface area contributed by atoms with Gasteiger partial charge in [0.15, 0.2) is 4.21 Å². The van der Waals surface area contributed by atoms with E-state index in [-0.39, 0.29) is 9.90 Å². The molecule has 1 N–H and O–H groups in total. The van der Waals surface area contributed by atoms with Crippen LogP contribution >= 0.6 is 43.2 Å². The summed E-state index contributed by atoms with van der Waals surface area (Å²) in [6.45, 7) is 0. The van der Waals surface area contributed by atoms with E-state index in [1.165, 1.54) is 18.2 Å². The van der Waals surface area contributed by atoms with Crippen molar-refractivity contribution in [2.75, 3.05) is 4.72 Å². The van der Waals surface area contributed by atoms with Crippen molar-refractivity contribution in [3.63, 3.8) is 0 Å². The lowest BCUT2D eigenvalue weighted by Gasteiger charge is -2.08. The summed E-state index contributed by atoms with van der Waals surface area (Å²) in [5, 5.41) is 1.67. The number of nitrogens with one attached hydrogen (secondary N) is 1. The predicted molar refractivity (Wildman–Crippen MR) is 76.9 cm³/mol. The zero-order valence-corrected chi connectivity index (χ0v) is 13.5. The Balaban J connectivity index is 2.37. The van der Waals surface area contributed by atoms with Gasteiger partial charge in [-0.2, -0.15) is 0 Å². The van der Waals surface area contributed by atoms with Crippen LogP contribution in [0.15, 0.2) is 42.8 Å². The van der Waals surface area contributed by atoms with Crippen LogP contribution < -0.4 is 4.72 Å². The van der Waals surface area contributed by atoms with Crippen LogP contribution in [0, 0.1) is 5.82 Å². The molecule has 2 aromatic rings. The molecule has 0 amide bonds. The maximum absolute atomic E-state index is 12.9. The fraction of sp³-hybridized carbons (Fsp3) is 0. The molecule has 0 aliphatic heterocycles. The van der Waals surface area contributed by atoms with Crippen LogP contribution in [0.3, 0.4) is 0 Å². The van der Waals surface area contributed by atoms with Crippen molar-refractivity contribution in [2.24, 2.45) is 0 Å². The fourth-order valence-electron chi connectivity index (χ4n) is 1.23. The molecule has 8 heteroatoms. The number of benzene rings is 1. The van der Waals surface area contributed by atoms with Gasteiger partial charge in [-0.1, -0.05) is 0 Å². The molecular weight excluding hydrogens is 409 g/mol. The molecule has 0 unspecified atom stereocenters. The molecule has 0 saturated heterocycles.